The number of nitrogens with two attached hydrogens (primary N) is 1. The van der Waals surface area contributed by atoms with E-state index in [4.69, 9.17) is 10.5 Å². The van der Waals surface area contributed by atoms with Crippen LogP contribution in [0.15, 0.2) is 0 Å². The number of nitrogens with one attached hydrogen (secondary N) is 1. The summed E-state index contributed by atoms with van der Waals surface area (Å²) in [5.41, 5.74) is 4.99. The fourth-order valence-corrected chi connectivity index (χ4v) is 2.85. The van der Waals surface area contributed by atoms with E-state index in [0.717, 1.165) is 65.0 Å². The summed E-state index contributed by atoms with van der Waals surface area (Å²) in [6.07, 6.45) is 5.08. The Labute approximate surface area is 129 Å². The Kier molecular flexibility index (Phi) is 8.22. The molecule has 2 unspecified atom stereocenters. The highest BCUT2D eigenvalue weighted by molar-refractivity contribution is 5.84. The van der Waals surface area contributed by atoms with Crippen LogP contribution in [0.2, 0.25) is 0 Å². The largest absolute Gasteiger partial charge is 0.378 e. The van der Waals surface area contributed by atoms with Crippen LogP contribution in [-0.4, -0.2) is 55.2 Å². The number of primary amides is 1. The van der Waals surface area contributed by atoms with Gasteiger partial charge in [0.2, 0.25) is 5.91 Å². The first-order valence-corrected chi connectivity index (χ1v) is 8.40. The van der Waals surface area contributed by atoms with E-state index in [1.54, 1.807) is 0 Å². The van der Waals surface area contributed by atoms with Gasteiger partial charge in [-0.25, -0.2) is 0 Å². The SMILES string of the molecule is CCCNC(C)(CCCCN1CCOCC1CC)C(N)=O. The van der Waals surface area contributed by atoms with Crippen molar-refractivity contribution in [3.63, 3.8) is 0 Å². The quantitative estimate of drug-likeness (QED) is 0.600. The Hall–Kier alpha value is -0.650. The molecule has 1 aliphatic heterocycles. The normalized spacial score (nSPS) is 22.9. The average Bonchev–Trinajstić information content (AvgIpc) is 2.49. The molecule has 2 atom stereocenters. The van der Waals surface area contributed by atoms with Crippen LogP contribution < -0.4 is 11.1 Å². The molecule has 1 saturated heterocycles. The summed E-state index contributed by atoms with van der Waals surface area (Å²) >= 11 is 0. The highest BCUT2D eigenvalue weighted by atomic mass is 16.5. The topological polar surface area (TPSA) is 67.6 Å². The van der Waals surface area contributed by atoms with Gasteiger partial charge in [0.25, 0.3) is 0 Å². The summed E-state index contributed by atoms with van der Waals surface area (Å²) in [6, 6.07) is 0.555. The lowest BCUT2D eigenvalue weighted by molar-refractivity contribution is -0.124. The second-order valence-electron chi connectivity index (χ2n) is 6.25. The first-order valence-electron chi connectivity index (χ1n) is 8.40. The van der Waals surface area contributed by atoms with Crippen molar-refractivity contribution in [2.45, 2.75) is 64.5 Å². The second-order valence-corrected chi connectivity index (χ2v) is 6.25. The van der Waals surface area contributed by atoms with Gasteiger partial charge in [-0.05, 0) is 52.1 Å². The van der Waals surface area contributed by atoms with E-state index in [0.29, 0.717) is 6.04 Å². The molecular formula is C16H33N3O2. The number of ether oxygens (including phenoxy) is 1. The van der Waals surface area contributed by atoms with Crippen molar-refractivity contribution >= 4 is 5.91 Å². The van der Waals surface area contributed by atoms with Crippen molar-refractivity contribution in [3.05, 3.63) is 0 Å². The van der Waals surface area contributed by atoms with Gasteiger partial charge >= 0.3 is 0 Å². The summed E-state index contributed by atoms with van der Waals surface area (Å²) in [4.78, 5) is 14.2. The number of rotatable bonds is 10. The van der Waals surface area contributed by atoms with E-state index in [9.17, 15) is 4.79 Å². The predicted molar refractivity (Wildman–Crippen MR) is 86.2 cm³/mol. The van der Waals surface area contributed by atoms with Crippen molar-refractivity contribution in [2.75, 3.05) is 32.8 Å². The van der Waals surface area contributed by atoms with Gasteiger partial charge in [0.1, 0.15) is 0 Å². The zero-order valence-electron chi connectivity index (χ0n) is 14.0. The van der Waals surface area contributed by atoms with E-state index in [2.05, 4.69) is 24.1 Å². The van der Waals surface area contributed by atoms with Gasteiger partial charge in [0, 0.05) is 12.6 Å². The smallest absolute Gasteiger partial charge is 0.237 e. The molecule has 0 bridgehead atoms. The molecule has 5 heteroatoms. The van der Waals surface area contributed by atoms with Gasteiger partial charge in [-0.1, -0.05) is 13.8 Å². The maximum Gasteiger partial charge on any atom is 0.237 e. The van der Waals surface area contributed by atoms with Crippen LogP contribution in [0.4, 0.5) is 0 Å². The molecule has 124 valence electrons. The summed E-state index contributed by atoms with van der Waals surface area (Å²) in [7, 11) is 0. The van der Waals surface area contributed by atoms with Crippen LogP contribution >= 0.6 is 0 Å². The maximum absolute atomic E-state index is 11.7. The molecule has 1 heterocycles. The van der Waals surface area contributed by atoms with E-state index < -0.39 is 5.54 Å². The number of hydrogen-bond acceptors (Lipinski definition) is 4. The predicted octanol–water partition coefficient (Wildman–Crippen LogP) is 1.51. The minimum absolute atomic E-state index is 0.242. The number of hydrogen-bond donors (Lipinski definition) is 2. The molecule has 0 saturated carbocycles. The molecule has 0 aromatic rings. The fraction of sp³-hybridized carbons (Fsp3) is 0.938. The van der Waals surface area contributed by atoms with Gasteiger partial charge in [-0.15, -0.1) is 0 Å². The van der Waals surface area contributed by atoms with E-state index >= 15 is 0 Å². The van der Waals surface area contributed by atoms with E-state index in [-0.39, 0.29) is 5.91 Å². The van der Waals surface area contributed by atoms with Crippen LogP contribution in [0.5, 0.6) is 0 Å². The lowest BCUT2D eigenvalue weighted by Gasteiger charge is -2.35. The molecule has 0 aromatic carbocycles. The summed E-state index contributed by atoms with van der Waals surface area (Å²) < 4.78 is 5.53. The average molecular weight is 299 g/mol. The van der Waals surface area contributed by atoms with Crippen LogP contribution in [0.1, 0.15) is 52.9 Å². The number of carbonyl (C=O) groups is 1. The van der Waals surface area contributed by atoms with Gasteiger partial charge in [0.05, 0.1) is 18.8 Å². The molecule has 1 rings (SSSR count). The molecule has 0 radical (unpaired) electrons. The number of amides is 1. The van der Waals surface area contributed by atoms with Crippen molar-refractivity contribution in [1.29, 1.82) is 0 Å². The minimum Gasteiger partial charge on any atom is -0.378 e. The lowest BCUT2D eigenvalue weighted by Crippen LogP contribution is -2.53. The van der Waals surface area contributed by atoms with Crippen molar-refractivity contribution in [3.8, 4) is 0 Å². The maximum atomic E-state index is 11.7. The Morgan fingerprint density at radius 1 is 1.43 bits per heavy atom. The highest BCUT2D eigenvalue weighted by Crippen LogP contribution is 2.16. The molecule has 0 aromatic heterocycles. The van der Waals surface area contributed by atoms with Crippen molar-refractivity contribution in [2.24, 2.45) is 5.73 Å². The Bertz CT molecular complexity index is 312. The number of unbranched alkanes of at least 4 members (excludes halogenated alkanes) is 1. The van der Waals surface area contributed by atoms with Crippen molar-refractivity contribution < 1.29 is 9.53 Å². The summed E-state index contributed by atoms with van der Waals surface area (Å²) in [6.45, 7) is 10.9. The van der Waals surface area contributed by atoms with Crippen LogP contribution in [0.25, 0.3) is 0 Å². The lowest BCUT2D eigenvalue weighted by atomic mass is 9.93. The standard InChI is InChI=1S/C16H33N3O2/c1-4-9-18-16(3,15(17)20)8-6-7-10-19-11-12-21-13-14(19)5-2/h14,18H,4-13H2,1-3H3,(H2,17,20). The molecule has 1 amide bonds. The van der Waals surface area contributed by atoms with Gasteiger partial charge in [-0.3, -0.25) is 9.69 Å². The molecule has 1 aliphatic rings. The molecule has 5 nitrogen and oxygen atoms in total. The third-order valence-electron chi connectivity index (χ3n) is 4.50. The molecule has 3 N–H and O–H groups in total. The molecule has 21 heavy (non-hydrogen) atoms. The zero-order valence-corrected chi connectivity index (χ0v) is 14.0. The van der Waals surface area contributed by atoms with Crippen LogP contribution in [-0.2, 0) is 9.53 Å². The Balaban J connectivity index is 2.31. The monoisotopic (exact) mass is 299 g/mol. The number of nitrogens with zero attached hydrogens (tertiary/aromatic N) is 1. The van der Waals surface area contributed by atoms with E-state index in [1.807, 2.05) is 6.92 Å². The molecule has 1 fully saturated rings. The Morgan fingerprint density at radius 3 is 2.81 bits per heavy atom. The second kappa shape index (κ2) is 9.38. The number of carbonyl (C=O) groups excluding carboxylic acids is 1. The summed E-state index contributed by atoms with van der Waals surface area (Å²) in [5.74, 6) is -0.242. The third kappa shape index (κ3) is 5.93. The fourth-order valence-electron chi connectivity index (χ4n) is 2.85. The summed E-state index contributed by atoms with van der Waals surface area (Å²) in [5, 5.41) is 3.30. The molecule has 0 aliphatic carbocycles. The first-order chi connectivity index (χ1) is 10.0. The van der Waals surface area contributed by atoms with Gasteiger partial charge in [0.15, 0.2) is 0 Å². The molecule has 0 spiro atoms. The highest BCUT2D eigenvalue weighted by Gasteiger charge is 2.29. The Morgan fingerprint density at radius 2 is 2.19 bits per heavy atom. The number of morpholine rings is 1. The minimum atomic E-state index is -0.564. The van der Waals surface area contributed by atoms with Gasteiger partial charge in [-0.2, -0.15) is 0 Å². The molecular weight excluding hydrogens is 266 g/mol. The zero-order chi connectivity index (χ0) is 15.7. The van der Waals surface area contributed by atoms with E-state index in [1.165, 1.54) is 0 Å². The van der Waals surface area contributed by atoms with Crippen LogP contribution in [0.3, 0.4) is 0 Å². The van der Waals surface area contributed by atoms with Gasteiger partial charge < -0.3 is 15.8 Å². The van der Waals surface area contributed by atoms with Crippen LogP contribution in [0, 0.1) is 0 Å². The third-order valence-corrected chi connectivity index (χ3v) is 4.50. The first kappa shape index (κ1) is 18.4. The van der Waals surface area contributed by atoms with Crippen molar-refractivity contribution in [1.82, 2.24) is 10.2 Å².